The predicted octanol–water partition coefficient (Wildman–Crippen LogP) is 0.606. The van der Waals surface area contributed by atoms with Gasteiger partial charge in [0.05, 0.1) is 19.1 Å². The number of aromatic nitrogens is 2. The van der Waals surface area contributed by atoms with Gasteiger partial charge in [0.2, 0.25) is 11.8 Å². The molecule has 1 fully saturated rings. The highest BCUT2D eigenvalue weighted by molar-refractivity contribution is 5.75. The maximum Gasteiger partial charge on any atom is 0.437 e. The molecule has 0 saturated carbocycles. The van der Waals surface area contributed by atoms with E-state index in [4.69, 9.17) is 4.42 Å². The minimum Gasteiger partial charge on any atom is -0.388 e. The van der Waals surface area contributed by atoms with Crippen LogP contribution in [0.15, 0.2) is 33.5 Å². The minimum absolute atomic E-state index is 0.0653. The van der Waals surface area contributed by atoms with Crippen molar-refractivity contribution in [1.82, 2.24) is 15.1 Å². The largest absolute Gasteiger partial charge is 0.437 e. The molecule has 1 aromatic carbocycles. The molecular formula is C19H26FN4O3+. The Morgan fingerprint density at radius 2 is 2.15 bits per heavy atom. The van der Waals surface area contributed by atoms with Crippen LogP contribution in [0.3, 0.4) is 0 Å². The second kappa shape index (κ2) is 8.94. The smallest absolute Gasteiger partial charge is 0.388 e. The molecule has 2 heterocycles. The summed E-state index contributed by atoms with van der Waals surface area (Å²) in [5.41, 5.74) is 0.478. The number of benzene rings is 1. The fourth-order valence-electron chi connectivity index (χ4n) is 3.47. The molecule has 1 unspecified atom stereocenters. The van der Waals surface area contributed by atoms with Crippen molar-refractivity contribution in [1.29, 1.82) is 0 Å². The topological polar surface area (TPSA) is 81.6 Å². The SMILES string of the molecule is C[C@@H]1CCCC[NH+]1CCCNC(=O)Cn1nc(-c2ccc(F)cc2)oc1=O. The van der Waals surface area contributed by atoms with Crippen LogP contribution in [0.4, 0.5) is 4.39 Å². The molecule has 3 rings (SSSR count). The lowest BCUT2D eigenvalue weighted by molar-refractivity contribution is -0.928. The van der Waals surface area contributed by atoms with Crippen LogP contribution in [-0.2, 0) is 11.3 Å². The lowest BCUT2D eigenvalue weighted by Crippen LogP contribution is -3.16. The predicted molar refractivity (Wildman–Crippen MR) is 97.8 cm³/mol. The first-order chi connectivity index (χ1) is 13.0. The Labute approximate surface area is 157 Å². The number of amides is 1. The van der Waals surface area contributed by atoms with Crippen LogP contribution >= 0.6 is 0 Å². The van der Waals surface area contributed by atoms with Crippen molar-refractivity contribution in [2.24, 2.45) is 0 Å². The van der Waals surface area contributed by atoms with Gasteiger partial charge in [0.15, 0.2) is 0 Å². The van der Waals surface area contributed by atoms with Crippen molar-refractivity contribution in [3.05, 3.63) is 40.6 Å². The Balaban J connectivity index is 1.46. The van der Waals surface area contributed by atoms with Crippen LogP contribution in [0.5, 0.6) is 0 Å². The lowest BCUT2D eigenvalue weighted by Gasteiger charge is -2.30. The summed E-state index contributed by atoms with van der Waals surface area (Å²) < 4.78 is 19.0. The zero-order valence-corrected chi connectivity index (χ0v) is 15.5. The van der Waals surface area contributed by atoms with Crippen LogP contribution < -0.4 is 16.0 Å². The fourth-order valence-corrected chi connectivity index (χ4v) is 3.47. The van der Waals surface area contributed by atoms with E-state index < -0.39 is 5.76 Å². The van der Waals surface area contributed by atoms with E-state index in [0.29, 0.717) is 18.2 Å². The standard InChI is InChI=1S/C19H25FN4O3/c1-14-5-2-3-11-23(14)12-4-10-21-17(25)13-24-19(26)27-18(22-24)15-6-8-16(20)9-7-15/h6-9,14H,2-5,10-13H2,1H3,(H,21,25)/p+1/t14-/m1/s1. The fraction of sp³-hybridized carbons (Fsp3) is 0.526. The van der Waals surface area contributed by atoms with Crippen molar-refractivity contribution < 1.29 is 18.5 Å². The van der Waals surface area contributed by atoms with Crippen LogP contribution in [0.2, 0.25) is 0 Å². The molecule has 0 bridgehead atoms. The number of likely N-dealkylation sites (tertiary alicyclic amines) is 1. The van der Waals surface area contributed by atoms with Crippen molar-refractivity contribution in [3.8, 4) is 11.5 Å². The molecule has 0 spiro atoms. The summed E-state index contributed by atoms with van der Waals surface area (Å²) in [6.07, 6.45) is 4.76. The molecule has 1 aliphatic heterocycles. The van der Waals surface area contributed by atoms with Crippen LogP contribution in [0.1, 0.15) is 32.6 Å². The molecule has 2 aromatic rings. The van der Waals surface area contributed by atoms with Crippen molar-refractivity contribution in [3.63, 3.8) is 0 Å². The molecule has 0 aliphatic carbocycles. The van der Waals surface area contributed by atoms with Gasteiger partial charge in [0.1, 0.15) is 12.4 Å². The van der Waals surface area contributed by atoms with E-state index in [-0.39, 0.29) is 24.2 Å². The number of hydrogen-bond acceptors (Lipinski definition) is 4. The van der Waals surface area contributed by atoms with E-state index in [1.807, 2.05) is 0 Å². The molecule has 0 radical (unpaired) electrons. The number of rotatable bonds is 7. The number of quaternary nitrogens is 1. The summed E-state index contributed by atoms with van der Waals surface area (Å²) in [4.78, 5) is 25.5. The molecule has 8 heteroatoms. The first-order valence-electron chi connectivity index (χ1n) is 9.48. The molecule has 2 atom stereocenters. The highest BCUT2D eigenvalue weighted by Crippen LogP contribution is 2.15. The van der Waals surface area contributed by atoms with Gasteiger partial charge in [-0.2, -0.15) is 4.68 Å². The van der Waals surface area contributed by atoms with Gasteiger partial charge in [0.25, 0.3) is 0 Å². The first-order valence-corrected chi connectivity index (χ1v) is 9.48. The van der Waals surface area contributed by atoms with Crippen molar-refractivity contribution in [2.75, 3.05) is 19.6 Å². The second-order valence-electron chi connectivity index (χ2n) is 7.10. The van der Waals surface area contributed by atoms with Crippen LogP contribution in [0.25, 0.3) is 11.5 Å². The summed E-state index contributed by atoms with van der Waals surface area (Å²) in [5.74, 6) is -1.31. The van der Waals surface area contributed by atoms with Crippen LogP contribution in [0, 0.1) is 5.82 Å². The summed E-state index contributed by atoms with van der Waals surface area (Å²) in [6, 6.07) is 6.13. The average molecular weight is 377 g/mol. The number of carbonyl (C=O) groups is 1. The molecular weight excluding hydrogens is 351 g/mol. The quantitative estimate of drug-likeness (QED) is 0.693. The maximum atomic E-state index is 13.0. The third kappa shape index (κ3) is 5.26. The van der Waals surface area contributed by atoms with Gasteiger partial charge >= 0.3 is 5.76 Å². The summed E-state index contributed by atoms with van der Waals surface area (Å²) in [7, 11) is 0. The van der Waals surface area contributed by atoms with Gasteiger partial charge < -0.3 is 14.6 Å². The number of hydrogen-bond donors (Lipinski definition) is 2. The summed E-state index contributed by atoms with van der Waals surface area (Å²) >= 11 is 0. The highest BCUT2D eigenvalue weighted by atomic mass is 19.1. The van der Waals surface area contributed by atoms with E-state index in [9.17, 15) is 14.0 Å². The third-order valence-corrected chi connectivity index (χ3v) is 5.07. The van der Waals surface area contributed by atoms with Gasteiger partial charge in [0, 0.05) is 18.5 Å². The van der Waals surface area contributed by atoms with E-state index >= 15 is 0 Å². The molecule has 1 saturated heterocycles. The van der Waals surface area contributed by atoms with Gasteiger partial charge in [-0.1, -0.05) is 0 Å². The molecule has 27 heavy (non-hydrogen) atoms. The molecule has 2 N–H and O–H groups in total. The summed E-state index contributed by atoms with van der Waals surface area (Å²) in [5, 5.41) is 6.84. The average Bonchev–Trinajstić information content (AvgIpc) is 3.01. The Morgan fingerprint density at radius 3 is 2.89 bits per heavy atom. The minimum atomic E-state index is -0.712. The summed E-state index contributed by atoms with van der Waals surface area (Å²) in [6.45, 7) is 4.90. The van der Waals surface area contributed by atoms with Gasteiger partial charge in [-0.25, -0.2) is 9.18 Å². The van der Waals surface area contributed by atoms with E-state index in [1.54, 1.807) is 4.90 Å². The van der Waals surface area contributed by atoms with Gasteiger partial charge in [-0.05, 0) is 50.5 Å². The van der Waals surface area contributed by atoms with E-state index in [1.165, 1.54) is 50.1 Å². The number of nitrogens with one attached hydrogen (secondary N) is 2. The third-order valence-electron chi connectivity index (χ3n) is 5.07. The Kier molecular flexibility index (Phi) is 6.39. The van der Waals surface area contributed by atoms with Crippen molar-refractivity contribution >= 4 is 5.91 Å². The molecule has 146 valence electrons. The number of piperidine rings is 1. The first kappa shape index (κ1) is 19.3. The zero-order chi connectivity index (χ0) is 19.2. The van der Waals surface area contributed by atoms with Crippen molar-refractivity contribution in [2.45, 2.75) is 45.2 Å². The van der Waals surface area contributed by atoms with E-state index in [2.05, 4.69) is 17.3 Å². The van der Waals surface area contributed by atoms with Gasteiger partial charge in [-0.3, -0.25) is 4.79 Å². The second-order valence-corrected chi connectivity index (χ2v) is 7.10. The highest BCUT2D eigenvalue weighted by Gasteiger charge is 2.21. The Bertz CT molecular complexity index is 815. The molecule has 1 aliphatic rings. The Morgan fingerprint density at radius 1 is 1.37 bits per heavy atom. The molecule has 7 nitrogen and oxygen atoms in total. The lowest BCUT2D eigenvalue weighted by atomic mass is 10.0. The zero-order valence-electron chi connectivity index (χ0n) is 15.5. The number of carbonyl (C=O) groups excluding carboxylic acids is 1. The normalized spacial score (nSPS) is 19.8. The van der Waals surface area contributed by atoms with E-state index in [0.717, 1.165) is 17.6 Å². The Hall–Kier alpha value is -2.48. The van der Waals surface area contributed by atoms with Gasteiger partial charge in [-0.15, -0.1) is 5.10 Å². The molecule has 1 amide bonds. The monoisotopic (exact) mass is 377 g/mol. The molecule has 1 aromatic heterocycles. The maximum absolute atomic E-state index is 13.0. The van der Waals surface area contributed by atoms with Crippen LogP contribution in [-0.4, -0.2) is 41.4 Å². The number of nitrogens with zero attached hydrogens (tertiary/aromatic N) is 2. The number of halogens is 1.